The average molecular weight is 272 g/mol. The molecule has 0 fully saturated rings. The number of aliphatic hydroxyl groups excluding tert-OH is 2. The van der Waals surface area contributed by atoms with Crippen molar-refractivity contribution >= 4 is 5.97 Å². The molecule has 0 saturated carbocycles. The third-order valence-corrected chi connectivity index (χ3v) is 3.31. The second-order valence-electron chi connectivity index (χ2n) is 4.71. The molecule has 0 aromatic carbocycles. The summed E-state index contributed by atoms with van der Waals surface area (Å²) in [5, 5.41) is 20.0. The molecule has 0 saturated heterocycles. The zero-order chi connectivity index (χ0) is 14.4. The van der Waals surface area contributed by atoms with E-state index in [1.54, 1.807) is 6.92 Å². The third-order valence-electron chi connectivity index (χ3n) is 3.31. The zero-order valence-electron chi connectivity index (χ0n) is 11.8. The van der Waals surface area contributed by atoms with Crippen LogP contribution in [0.4, 0.5) is 0 Å². The first-order valence-corrected chi connectivity index (χ1v) is 6.92. The Balaban J connectivity index is 2.71. The Labute approximate surface area is 114 Å². The van der Waals surface area contributed by atoms with Gasteiger partial charge >= 0.3 is 5.97 Å². The highest BCUT2D eigenvalue weighted by atomic mass is 16.5. The molecule has 0 radical (unpaired) electrons. The van der Waals surface area contributed by atoms with Crippen LogP contribution in [0.2, 0.25) is 0 Å². The van der Waals surface area contributed by atoms with Crippen LogP contribution < -0.4 is 0 Å². The number of aliphatic hydroxyl groups is 2. The molecule has 3 atom stereocenters. The first-order chi connectivity index (χ1) is 9.03. The molecule has 0 aromatic rings. The summed E-state index contributed by atoms with van der Waals surface area (Å²) in [5.74, 6) is -0.485. The highest BCUT2D eigenvalue weighted by molar-refractivity contribution is 5.88. The normalized spacial score (nSPS) is 27.3. The van der Waals surface area contributed by atoms with Gasteiger partial charge in [-0.3, -0.25) is 0 Å². The number of hydrogen-bond donors (Lipinski definition) is 2. The molecule has 1 rings (SSSR count). The van der Waals surface area contributed by atoms with Crippen LogP contribution in [0.25, 0.3) is 0 Å². The lowest BCUT2D eigenvalue weighted by atomic mass is 9.92. The lowest BCUT2D eigenvalue weighted by molar-refractivity contribution is -0.143. The maximum atomic E-state index is 11.6. The highest BCUT2D eigenvalue weighted by Gasteiger charge is 2.35. The van der Waals surface area contributed by atoms with E-state index in [0.29, 0.717) is 5.57 Å². The van der Waals surface area contributed by atoms with Gasteiger partial charge in [0.2, 0.25) is 0 Å². The minimum atomic E-state index is -0.983. The third kappa shape index (κ3) is 4.30. The Bertz CT molecular complexity index is 322. The summed E-state index contributed by atoms with van der Waals surface area (Å²) in [6, 6.07) is 0. The van der Waals surface area contributed by atoms with E-state index in [1.165, 1.54) is 6.08 Å². The van der Waals surface area contributed by atoms with Gasteiger partial charge in [0.05, 0.1) is 18.8 Å². The molecular weight excluding hydrogens is 248 g/mol. The van der Waals surface area contributed by atoms with Gasteiger partial charge in [-0.25, -0.2) is 4.79 Å². The van der Waals surface area contributed by atoms with E-state index in [-0.39, 0.29) is 19.1 Å². The molecule has 5 heteroatoms. The molecule has 0 spiro atoms. The first kappa shape index (κ1) is 16.1. The molecule has 19 heavy (non-hydrogen) atoms. The summed E-state index contributed by atoms with van der Waals surface area (Å²) in [7, 11) is 0. The van der Waals surface area contributed by atoms with Crippen molar-refractivity contribution in [2.45, 2.75) is 64.4 Å². The van der Waals surface area contributed by atoms with Crippen LogP contribution in [-0.2, 0) is 14.3 Å². The van der Waals surface area contributed by atoms with Gasteiger partial charge < -0.3 is 19.7 Å². The highest BCUT2D eigenvalue weighted by Crippen LogP contribution is 2.25. The maximum absolute atomic E-state index is 11.6. The van der Waals surface area contributed by atoms with Crippen LogP contribution in [0, 0.1) is 0 Å². The Hall–Kier alpha value is -0.910. The Kier molecular flexibility index (Phi) is 6.48. The van der Waals surface area contributed by atoms with E-state index < -0.39 is 24.3 Å². The van der Waals surface area contributed by atoms with Crippen molar-refractivity contribution < 1.29 is 24.5 Å². The lowest BCUT2D eigenvalue weighted by Gasteiger charge is -2.33. The largest absolute Gasteiger partial charge is 0.463 e. The average Bonchev–Trinajstić information content (AvgIpc) is 2.38. The number of rotatable bonds is 6. The van der Waals surface area contributed by atoms with Crippen molar-refractivity contribution in [3.8, 4) is 0 Å². The van der Waals surface area contributed by atoms with Gasteiger partial charge in [0.15, 0.2) is 0 Å². The summed E-state index contributed by atoms with van der Waals surface area (Å²) >= 11 is 0. The molecule has 0 amide bonds. The van der Waals surface area contributed by atoms with E-state index in [9.17, 15) is 15.0 Å². The van der Waals surface area contributed by atoms with E-state index in [2.05, 4.69) is 0 Å². The quantitative estimate of drug-likeness (QED) is 0.710. The molecule has 0 heterocycles. The van der Waals surface area contributed by atoms with E-state index in [4.69, 9.17) is 9.47 Å². The van der Waals surface area contributed by atoms with Gasteiger partial charge in [0, 0.05) is 12.0 Å². The predicted octanol–water partition coefficient (Wildman–Crippen LogP) is 1.18. The van der Waals surface area contributed by atoms with E-state index in [0.717, 1.165) is 12.8 Å². The van der Waals surface area contributed by atoms with Gasteiger partial charge in [0.1, 0.15) is 12.2 Å². The smallest absolute Gasteiger partial charge is 0.333 e. The predicted molar refractivity (Wildman–Crippen MR) is 70.6 cm³/mol. The van der Waals surface area contributed by atoms with Crippen molar-refractivity contribution in [1.82, 2.24) is 0 Å². The molecule has 0 aliphatic heterocycles. The van der Waals surface area contributed by atoms with Gasteiger partial charge in [-0.15, -0.1) is 0 Å². The summed E-state index contributed by atoms with van der Waals surface area (Å²) in [6.45, 7) is 5.98. The van der Waals surface area contributed by atoms with Crippen molar-refractivity contribution in [1.29, 1.82) is 0 Å². The Morgan fingerprint density at radius 1 is 1.37 bits per heavy atom. The number of esters is 1. The fraction of sp³-hybridized carbons (Fsp3) is 0.786. The Morgan fingerprint density at radius 3 is 2.47 bits per heavy atom. The molecular formula is C14H24O5. The molecule has 0 bridgehead atoms. The minimum absolute atomic E-state index is 0.00634. The van der Waals surface area contributed by atoms with Gasteiger partial charge in [-0.1, -0.05) is 13.8 Å². The van der Waals surface area contributed by atoms with Crippen LogP contribution in [-0.4, -0.2) is 47.2 Å². The zero-order valence-corrected chi connectivity index (χ0v) is 11.8. The lowest BCUT2D eigenvalue weighted by Crippen LogP contribution is -2.45. The summed E-state index contributed by atoms with van der Waals surface area (Å²) in [4.78, 5) is 11.6. The van der Waals surface area contributed by atoms with Crippen LogP contribution in [0.1, 0.15) is 40.0 Å². The topological polar surface area (TPSA) is 76.0 Å². The van der Waals surface area contributed by atoms with Crippen LogP contribution in [0.15, 0.2) is 11.6 Å². The van der Waals surface area contributed by atoms with Crippen LogP contribution in [0.5, 0.6) is 0 Å². The fourth-order valence-corrected chi connectivity index (χ4v) is 2.19. The van der Waals surface area contributed by atoms with Crippen LogP contribution in [0.3, 0.4) is 0 Å². The molecule has 1 aliphatic rings. The molecule has 110 valence electrons. The molecule has 1 aliphatic carbocycles. The van der Waals surface area contributed by atoms with E-state index >= 15 is 0 Å². The standard InChI is InChI=1S/C14H24O5/c1-4-10(5-2)19-13-11(15)7-9(8-12(13)16)14(17)18-6-3/h7,10-13,15-16H,4-6,8H2,1-3H3/t11-,12-,13-/m1/s1. The second-order valence-corrected chi connectivity index (χ2v) is 4.71. The Morgan fingerprint density at radius 2 is 2.00 bits per heavy atom. The molecule has 0 aromatic heterocycles. The maximum Gasteiger partial charge on any atom is 0.333 e. The molecule has 5 nitrogen and oxygen atoms in total. The summed E-state index contributed by atoms with van der Waals surface area (Å²) < 4.78 is 10.6. The minimum Gasteiger partial charge on any atom is -0.463 e. The number of hydrogen-bond acceptors (Lipinski definition) is 5. The van der Waals surface area contributed by atoms with Gasteiger partial charge in [-0.05, 0) is 25.8 Å². The van der Waals surface area contributed by atoms with Crippen molar-refractivity contribution in [2.24, 2.45) is 0 Å². The monoisotopic (exact) mass is 272 g/mol. The SMILES string of the molecule is CCOC(=O)C1=C[C@@H](O)[C@@H](OC(CC)CC)[C@H](O)C1. The number of ether oxygens (including phenoxy) is 2. The second kappa shape index (κ2) is 7.62. The van der Waals surface area contributed by atoms with Crippen LogP contribution >= 0.6 is 0 Å². The van der Waals surface area contributed by atoms with Gasteiger partial charge in [0.25, 0.3) is 0 Å². The molecule has 2 N–H and O–H groups in total. The molecule has 0 unspecified atom stereocenters. The van der Waals surface area contributed by atoms with Crippen molar-refractivity contribution in [2.75, 3.05) is 6.61 Å². The number of carbonyl (C=O) groups is 1. The number of carbonyl (C=O) groups excluding carboxylic acids is 1. The first-order valence-electron chi connectivity index (χ1n) is 6.92. The summed E-state index contributed by atoms with van der Waals surface area (Å²) in [5.41, 5.74) is 0.311. The van der Waals surface area contributed by atoms with Gasteiger partial charge in [-0.2, -0.15) is 0 Å². The van der Waals surface area contributed by atoms with Crippen molar-refractivity contribution in [3.63, 3.8) is 0 Å². The fourth-order valence-electron chi connectivity index (χ4n) is 2.19. The van der Waals surface area contributed by atoms with E-state index in [1.807, 2.05) is 13.8 Å². The van der Waals surface area contributed by atoms with Crippen molar-refractivity contribution in [3.05, 3.63) is 11.6 Å². The summed E-state index contributed by atoms with van der Waals surface area (Å²) in [6.07, 6.45) is 0.680.